The van der Waals surface area contributed by atoms with E-state index in [1.807, 2.05) is 13.8 Å². The van der Waals surface area contributed by atoms with E-state index < -0.39 is 16.4 Å². The molecule has 0 aliphatic heterocycles. The van der Waals surface area contributed by atoms with Gasteiger partial charge in [0.2, 0.25) is 5.82 Å². The molecule has 1 rings (SSSR count). The molecular weight excluding hydrogens is 223 g/mol. The van der Waals surface area contributed by atoms with E-state index in [0.717, 1.165) is 12.5 Å². The zero-order valence-electron chi connectivity index (χ0n) is 10.0. The summed E-state index contributed by atoms with van der Waals surface area (Å²) in [5.74, 6) is -0.344. The van der Waals surface area contributed by atoms with Gasteiger partial charge in [0.1, 0.15) is 0 Å². The van der Waals surface area contributed by atoms with Crippen molar-refractivity contribution in [1.29, 1.82) is 0 Å². The molecule has 1 atom stereocenters. The van der Waals surface area contributed by atoms with Crippen molar-refractivity contribution < 1.29 is 9.31 Å². The third-order valence-corrected chi connectivity index (χ3v) is 2.51. The van der Waals surface area contributed by atoms with E-state index in [4.69, 9.17) is 5.73 Å². The second-order valence-corrected chi connectivity index (χ2v) is 4.60. The number of nitrogens with two attached hydrogens (primary N) is 1. The van der Waals surface area contributed by atoms with Gasteiger partial charge in [-0.1, -0.05) is 26.0 Å². The topological polar surface area (TPSA) is 69.2 Å². The van der Waals surface area contributed by atoms with Crippen LogP contribution < -0.4 is 5.73 Å². The Morgan fingerprint density at radius 2 is 2.12 bits per heavy atom. The molecule has 2 N–H and O–H groups in total. The molecular formula is C12H17FN2O2. The Labute approximate surface area is 99.8 Å². The lowest BCUT2D eigenvalue weighted by atomic mass is 9.97. The van der Waals surface area contributed by atoms with Gasteiger partial charge in [0.15, 0.2) is 0 Å². The minimum absolute atomic E-state index is 0.175. The number of rotatable bonds is 5. The van der Waals surface area contributed by atoms with Gasteiger partial charge in [-0.25, -0.2) is 0 Å². The standard InChI is InChI=1S/C12H17FN2O2/c1-8(2)6-10(14)7-9-4-3-5-11(12(9)13)15(16)17/h3-5,8,10H,6-7,14H2,1-2H3. The number of nitro groups is 1. The zero-order chi connectivity index (χ0) is 13.0. The Morgan fingerprint density at radius 3 is 2.65 bits per heavy atom. The predicted octanol–water partition coefficient (Wildman–Crippen LogP) is 2.65. The molecule has 1 unspecified atom stereocenters. The molecule has 94 valence electrons. The maximum absolute atomic E-state index is 13.7. The highest BCUT2D eigenvalue weighted by atomic mass is 19.1. The molecule has 0 aliphatic carbocycles. The van der Waals surface area contributed by atoms with Crippen LogP contribution in [0, 0.1) is 21.8 Å². The van der Waals surface area contributed by atoms with Crippen molar-refractivity contribution in [2.24, 2.45) is 11.7 Å². The van der Waals surface area contributed by atoms with Gasteiger partial charge in [0.05, 0.1) is 4.92 Å². The number of benzene rings is 1. The first-order chi connectivity index (χ1) is 7.91. The number of halogens is 1. The summed E-state index contributed by atoms with van der Waals surface area (Å²) in [7, 11) is 0. The Kier molecular flexibility index (Phi) is 4.57. The summed E-state index contributed by atoms with van der Waals surface area (Å²) < 4.78 is 13.7. The predicted molar refractivity (Wildman–Crippen MR) is 64.2 cm³/mol. The van der Waals surface area contributed by atoms with E-state index in [-0.39, 0.29) is 6.04 Å². The first-order valence-corrected chi connectivity index (χ1v) is 5.59. The first kappa shape index (κ1) is 13.6. The van der Waals surface area contributed by atoms with Crippen molar-refractivity contribution >= 4 is 5.69 Å². The maximum atomic E-state index is 13.7. The van der Waals surface area contributed by atoms with Gasteiger partial charge in [0.25, 0.3) is 0 Å². The molecule has 0 heterocycles. The van der Waals surface area contributed by atoms with Crippen LogP contribution in [0.4, 0.5) is 10.1 Å². The normalized spacial score (nSPS) is 12.8. The van der Waals surface area contributed by atoms with Crippen LogP contribution in [0.2, 0.25) is 0 Å². The molecule has 0 spiro atoms. The van der Waals surface area contributed by atoms with Crippen LogP contribution in [0.15, 0.2) is 18.2 Å². The number of hydrogen-bond acceptors (Lipinski definition) is 3. The second kappa shape index (κ2) is 5.72. The molecule has 5 heteroatoms. The minimum Gasteiger partial charge on any atom is -0.327 e. The second-order valence-electron chi connectivity index (χ2n) is 4.60. The molecule has 0 aromatic heterocycles. The molecule has 1 aromatic rings. The van der Waals surface area contributed by atoms with Crippen LogP contribution >= 0.6 is 0 Å². The summed E-state index contributed by atoms with van der Waals surface area (Å²) in [5.41, 5.74) is 5.69. The molecule has 0 amide bonds. The lowest BCUT2D eigenvalue weighted by molar-refractivity contribution is -0.387. The quantitative estimate of drug-likeness (QED) is 0.635. The summed E-state index contributed by atoms with van der Waals surface area (Å²) in [5, 5.41) is 10.6. The van der Waals surface area contributed by atoms with Crippen LogP contribution in [-0.2, 0) is 6.42 Å². The summed E-state index contributed by atoms with van der Waals surface area (Å²) >= 11 is 0. The van der Waals surface area contributed by atoms with E-state index >= 15 is 0 Å². The number of nitrogens with zero attached hydrogens (tertiary/aromatic N) is 1. The summed E-state index contributed by atoms with van der Waals surface area (Å²) in [6.45, 7) is 4.06. The molecule has 1 aromatic carbocycles. The van der Waals surface area contributed by atoms with Crippen molar-refractivity contribution in [3.8, 4) is 0 Å². The Balaban J connectivity index is 2.85. The SMILES string of the molecule is CC(C)CC(N)Cc1cccc([N+](=O)[O-])c1F. The molecule has 0 saturated carbocycles. The van der Waals surface area contributed by atoms with Gasteiger partial charge in [-0.05, 0) is 24.3 Å². The van der Waals surface area contributed by atoms with Crippen molar-refractivity contribution in [2.45, 2.75) is 32.7 Å². The minimum atomic E-state index is -0.767. The van der Waals surface area contributed by atoms with Crippen LogP contribution in [0.1, 0.15) is 25.8 Å². The van der Waals surface area contributed by atoms with Crippen molar-refractivity contribution in [2.75, 3.05) is 0 Å². The van der Waals surface area contributed by atoms with E-state index in [0.29, 0.717) is 17.9 Å². The number of hydrogen-bond donors (Lipinski definition) is 1. The van der Waals surface area contributed by atoms with Gasteiger partial charge < -0.3 is 5.73 Å². The largest absolute Gasteiger partial charge is 0.327 e. The molecule has 0 aliphatic rings. The average Bonchev–Trinajstić information content (AvgIpc) is 2.19. The van der Waals surface area contributed by atoms with Gasteiger partial charge in [0, 0.05) is 12.1 Å². The van der Waals surface area contributed by atoms with Crippen LogP contribution in [0.25, 0.3) is 0 Å². The zero-order valence-corrected chi connectivity index (χ0v) is 10.0. The van der Waals surface area contributed by atoms with Crippen molar-refractivity contribution in [1.82, 2.24) is 0 Å². The lowest BCUT2D eigenvalue weighted by Crippen LogP contribution is -2.25. The third-order valence-electron chi connectivity index (χ3n) is 2.51. The monoisotopic (exact) mass is 240 g/mol. The molecule has 4 nitrogen and oxygen atoms in total. The van der Waals surface area contributed by atoms with Crippen LogP contribution in [0.3, 0.4) is 0 Å². The fourth-order valence-electron chi connectivity index (χ4n) is 1.84. The van der Waals surface area contributed by atoms with Crippen molar-refractivity contribution in [3.05, 3.63) is 39.7 Å². The summed E-state index contributed by atoms with van der Waals surface area (Å²) in [6.07, 6.45) is 1.09. The van der Waals surface area contributed by atoms with Gasteiger partial charge in [-0.3, -0.25) is 10.1 Å². The lowest BCUT2D eigenvalue weighted by Gasteiger charge is -2.14. The van der Waals surface area contributed by atoms with Crippen LogP contribution in [-0.4, -0.2) is 11.0 Å². The fourth-order valence-corrected chi connectivity index (χ4v) is 1.84. The Morgan fingerprint density at radius 1 is 1.47 bits per heavy atom. The van der Waals surface area contributed by atoms with E-state index in [9.17, 15) is 14.5 Å². The average molecular weight is 240 g/mol. The summed E-state index contributed by atoms with van der Waals surface area (Å²) in [6, 6.07) is 4.01. The highest BCUT2D eigenvalue weighted by Gasteiger charge is 2.18. The third kappa shape index (κ3) is 3.78. The molecule has 0 radical (unpaired) electrons. The van der Waals surface area contributed by atoms with Crippen LogP contribution in [0.5, 0.6) is 0 Å². The van der Waals surface area contributed by atoms with Gasteiger partial charge >= 0.3 is 5.69 Å². The van der Waals surface area contributed by atoms with Gasteiger partial charge in [-0.2, -0.15) is 4.39 Å². The number of nitro benzene ring substituents is 1. The van der Waals surface area contributed by atoms with E-state index in [1.54, 1.807) is 6.07 Å². The fraction of sp³-hybridized carbons (Fsp3) is 0.500. The Hall–Kier alpha value is -1.49. The van der Waals surface area contributed by atoms with Gasteiger partial charge in [-0.15, -0.1) is 0 Å². The van der Waals surface area contributed by atoms with Crippen molar-refractivity contribution in [3.63, 3.8) is 0 Å². The molecule has 0 saturated heterocycles. The van der Waals surface area contributed by atoms with E-state index in [1.165, 1.54) is 6.07 Å². The molecule has 17 heavy (non-hydrogen) atoms. The summed E-state index contributed by atoms with van der Waals surface area (Å²) in [4.78, 5) is 9.86. The molecule has 0 bridgehead atoms. The molecule has 0 fully saturated rings. The first-order valence-electron chi connectivity index (χ1n) is 5.59. The highest BCUT2D eigenvalue weighted by molar-refractivity contribution is 5.37. The maximum Gasteiger partial charge on any atom is 0.305 e. The smallest absolute Gasteiger partial charge is 0.305 e. The Bertz CT molecular complexity index is 407. The highest BCUT2D eigenvalue weighted by Crippen LogP contribution is 2.21. The van der Waals surface area contributed by atoms with E-state index in [2.05, 4.69) is 0 Å².